The third kappa shape index (κ3) is 8.07. The first-order valence-corrected chi connectivity index (χ1v) is 11.9. The second-order valence-corrected chi connectivity index (χ2v) is 8.96. The normalized spacial score (nSPS) is 12.4. The van der Waals surface area contributed by atoms with Gasteiger partial charge in [0.1, 0.15) is 0 Å². The van der Waals surface area contributed by atoms with Crippen LogP contribution < -0.4 is 10.0 Å². The molecule has 0 aliphatic heterocycles. The van der Waals surface area contributed by atoms with Gasteiger partial charge in [0.15, 0.2) is 11.6 Å². The average Bonchev–Trinajstić information content (AvgIpc) is 2.82. The van der Waals surface area contributed by atoms with Gasteiger partial charge >= 0.3 is 6.18 Å². The van der Waals surface area contributed by atoms with Gasteiger partial charge in [0.2, 0.25) is 5.91 Å². The maximum atomic E-state index is 13.4. The Kier molecular flexibility index (Phi) is 9.28. The fraction of sp³-hybridized carbons (Fsp3) is 0.269. The van der Waals surface area contributed by atoms with E-state index in [9.17, 15) is 26.7 Å². The number of hydrogen-bond donors (Lipinski definition) is 2. The smallest absolute Gasteiger partial charge is 0.351 e. The highest BCUT2D eigenvalue weighted by Crippen LogP contribution is 2.29. The van der Waals surface area contributed by atoms with Crippen molar-refractivity contribution in [2.75, 3.05) is 0 Å². The Morgan fingerprint density at radius 2 is 1.63 bits per heavy atom. The molecule has 0 aliphatic rings. The van der Waals surface area contributed by atoms with E-state index in [1.165, 1.54) is 18.2 Å². The summed E-state index contributed by atoms with van der Waals surface area (Å²) in [6.07, 6.45) is -2.61. The van der Waals surface area contributed by atoms with E-state index in [4.69, 9.17) is 0 Å². The second-order valence-electron chi connectivity index (χ2n) is 8.05. The van der Waals surface area contributed by atoms with Crippen LogP contribution in [0.25, 0.3) is 0 Å². The number of carbonyl (C=O) groups excluding carboxylic acids is 1. The Morgan fingerprint density at radius 3 is 2.29 bits per heavy atom. The zero-order valence-electron chi connectivity index (χ0n) is 19.0. The zero-order chi connectivity index (χ0) is 25.4. The van der Waals surface area contributed by atoms with Gasteiger partial charge in [-0.05, 0) is 71.8 Å². The average molecular weight is 509 g/mol. The molecule has 3 nitrogen and oxygen atoms in total. The van der Waals surface area contributed by atoms with Crippen LogP contribution >= 0.6 is 11.9 Å². The topological polar surface area (TPSA) is 41.1 Å². The van der Waals surface area contributed by atoms with Crippen molar-refractivity contribution in [3.8, 4) is 0 Å². The van der Waals surface area contributed by atoms with Gasteiger partial charge in [-0.2, -0.15) is 13.2 Å². The van der Waals surface area contributed by atoms with Gasteiger partial charge < -0.3 is 5.32 Å². The molecule has 0 fully saturated rings. The molecule has 35 heavy (non-hydrogen) atoms. The molecule has 1 unspecified atom stereocenters. The highest BCUT2D eigenvalue weighted by atomic mass is 32.2. The Labute approximate surface area is 205 Å². The quantitative estimate of drug-likeness (QED) is 0.238. The predicted octanol–water partition coefficient (Wildman–Crippen LogP) is 6.66. The van der Waals surface area contributed by atoms with Crippen molar-refractivity contribution >= 4 is 17.9 Å². The van der Waals surface area contributed by atoms with E-state index in [1.807, 2.05) is 31.2 Å². The van der Waals surface area contributed by atoms with Crippen LogP contribution in [0.3, 0.4) is 0 Å². The largest absolute Gasteiger partial charge is 0.416 e. The zero-order valence-corrected chi connectivity index (χ0v) is 19.8. The van der Waals surface area contributed by atoms with Gasteiger partial charge in [0.25, 0.3) is 0 Å². The molecule has 3 aromatic rings. The summed E-state index contributed by atoms with van der Waals surface area (Å²) in [7, 11) is 0. The molecule has 9 heteroatoms. The maximum Gasteiger partial charge on any atom is 0.416 e. The van der Waals surface area contributed by atoms with Gasteiger partial charge in [-0.15, -0.1) is 0 Å². The minimum Gasteiger partial charge on any atom is -0.351 e. The molecule has 1 amide bonds. The first-order chi connectivity index (χ1) is 16.7. The summed E-state index contributed by atoms with van der Waals surface area (Å²) in [5, 5.41) is 2.88. The lowest BCUT2D eigenvalue weighted by atomic mass is 10.0. The van der Waals surface area contributed by atoms with Crippen LogP contribution in [0.15, 0.2) is 71.6 Å². The number of halogens is 5. The standard InChI is InChI=1S/C26H25F5N2OS/c1-2-4-24(33-35-21-11-12-22(27)23(28)15-21)25(34)32-16-19-6-3-5-18(14-19)13-17-7-9-20(10-8-17)26(29,30)31/h3,5-12,14-15,24,33H,2,4,13,16H2,1H3,(H,32,34). The third-order valence-corrected chi connectivity index (χ3v) is 6.14. The summed E-state index contributed by atoms with van der Waals surface area (Å²) in [4.78, 5) is 13.2. The summed E-state index contributed by atoms with van der Waals surface area (Å²) in [6.45, 7) is 2.21. The van der Waals surface area contributed by atoms with Crippen molar-refractivity contribution in [1.29, 1.82) is 0 Å². The van der Waals surface area contributed by atoms with Crippen LogP contribution in [0.1, 0.15) is 42.0 Å². The predicted molar refractivity (Wildman–Crippen MR) is 127 cm³/mol. The van der Waals surface area contributed by atoms with E-state index in [0.717, 1.165) is 59.3 Å². The van der Waals surface area contributed by atoms with Crippen LogP contribution in [-0.4, -0.2) is 11.9 Å². The molecule has 0 aromatic heterocycles. The lowest BCUT2D eigenvalue weighted by molar-refractivity contribution is -0.137. The summed E-state index contributed by atoms with van der Waals surface area (Å²) < 4.78 is 67.8. The third-order valence-electron chi connectivity index (χ3n) is 5.25. The number of amides is 1. The van der Waals surface area contributed by atoms with E-state index in [0.29, 0.717) is 17.7 Å². The van der Waals surface area contributed by atoms with Gasteiger partial charge in [0.05, 0.1) is 11.6 Å². The first-order valence-electron chi connectivity index (χ1n) is 11.0. The van der Waals surface area contributed by atoms with Crippen LogP contribution in [0, 0.1) is 11.6 Å². The Bertz CT molecular complexity index is 1140. The summed E-state index contributed by atoms with van der Waals surface area (Å²) in [5.74, 6) is -2.11. The summed E-state index contributed by atoms with van der Waals surface area (Å²) in [5.41, 5.74) is 1.83. The monoisotopic (exact) mass is 508 g/mol. The molecule has 1 atom stereocenters. The molecule has 0 saturated heterocycles. The van der Waals surface area contributed by atoms with E-state index in [-0.39, 0.29) is 12.5 Å². The lowest BCUT2D eigenvalue weighted by Gasteiger charge is -2.17. The van der Waals surface area contributed by atoms with Crippen LogP contribution in [0.5, 0.6) is 0 Å². The van der Waals surface area contributed by atoms with Crippen LogP contribution in [0.4, 0.5) is 22.0 Å². The molecule has 0 bridgehead atoms. The highest BCUT2D eigenvalue weighted by molar-refractivity contribution is 7.97. The number of nitrogens with one attached hydrogen (secondary N) is 2. The highest BCUT2D eigenvalue weighted by Gasteiger charge is 2.29. The molecule has 0 heterocycles. The van der Waals surface area contributed by atoms with Crippen molar-refractivity contribution in [2.24, 2.45) is 0 Å². The Hall–Kier alpha value is -2.91. The van der Waals surface area contributed by atoms with Crippen molar-refractivity contribution in [3.05, 3.63) is 101 Å². The SMILES string of the molecule is CCCC(NSc1ccc(F)c(F)c1)C(=O)NCc1cccc(Cc2ccc(C(F)(F)F)cc2)c1. The van der Waals surface area contributed by atoms with E-state index in [2.05, 4.69) is 10.0 Å². The molecule has 3 rings (SSSR count). The molecule has 2 N–H and O–H groups in total. The van der Waals surface area contributed by atoms with Crippen molar-refractivity contribution in [1.82, 2.24) is 10.0 Å². The van der Waals surface area contributed by atoms with Gasteiger partial charge in [0, 0.05) is 11.4 Å². The first kappa shape index (κ1) is 26.7. The molecule has 0 spiro atoms. The molecule has 0 saturated carbocycles. The number of rotatable bonds is 10. The Balaban J connectivity index is 1.56. The van der Waals surface area contributed by atoms with E-state index in [1.54, 1.807) is 0 Å². The minimum atomic E-state index is -4.37. The number of alkyl halides is 3. The van der Waals surface area contributed by atoms with Crippen LogP contribution in [-0.2, 0) is 23.9 Å². The lowest BCUT2D eigenvalue weighted by Crippen LogP contribution is -2.41. The van der Waals surface area contributed by atoms with Gasteiger partial charge in [-0.25, -0.2) is 13.5 Å². The molecule has 0 radical (unpaired) electrons. The van der Waals surface area contributed by atoms with Crippen molar-refractivity contribution < 1.29 is 26.7 Å². The second kappa shape index (κ2) is 12.2. The van der Waals surface area contributed by atoms with Crippen molar-refractivity contribution in [2.45, 2.75) is 49.8 Å². The maximum absolute atomic E-state index is 13.4. The van der Waals surface area contributed by atoms with E-state index < -0.39 is 29.4 Å². The molecule has 0 aliphatic carbocycles. The molecule has 3 aromatic carbocycles. The summed E-state index contributed by atoms with van der Waals surface area (Å²) >= 11 is 1.06. The Morgan fingerprint density at radius 1 is 0.914 bits per heavy atom. The molecular formula is C26H25F5N2OS. The molecule has 186 valence electrons. The fourth-order valence-electron chi connectivity index (χ4n) is 3.42. The summed E-state index contributed by atoms with van der Waals surface area (Å²) in [6, 6.07) is 15.5. The number of hydrogen-bond acceptors (Lipinski definition) is 3. The van der Waals surface area contributed by atoms with Gasteiger partial charge in [-0.3, -0.25) is 4.79 Å². The number of carbonyl (C=O) groups is 1. The van der Waals surface area contributed by atoms with E-state index >= 15 is 0 Å². The minimum absolute atomic E-state index is 0.227. The fourth-order valence-corrected chi connectivity index (χ4v) is 4.22. The van der Waals surface area contributed by atoms with Gasteiger partial charge in [-0.1, -0.05) is 49.7 Å². The van der Waals surface area contributed by atoms with Crippen molar-refractivity contribution in [3.63, 3.8) is 0 Å². The molecular weight excluding hydrogens is 483 g/mol. The number of benzene rings is 3. The van der Waals surface area contributed by atoms with Crippen LogP contribution in [0.2, 0.25) is 0 Å².